The molecule has 138 valence electrons. The van der Waals surface area contributed by atoms with Crippen molar-refractivity contribution >= 4 is 39.1 Å². The average Bonchev–Trinajstić information content (AvgIpc) is 2.64. The summed E-state index contributed by atoms with van der Waals surface area (Å²) in [6.07, 6.45) is 1.48. The van der Waals surface area contributed by atoms with E-state index >= 15 is 0 Å². The molecule has 0 aliphatic carbocycles. The normalized spacial score (nSPS) is 15.9. The lowest BCUT2D eigenvalue weighted by atomic mass is 10.2. The minimum atomic E-state index is -3.82. The van der Waals surface area contributed by atoms with Crippen LogP contribution in [0, 0.1) is 5.82 Å². The van der Waals surface area contributed by atoms with E-state index in [1.807, 2.05) is 0 Å². The molecule has 3 rings (SSSR count). The number of hydrogen-bond donors (Lipinski definition) is 0. The number of pyridine rings is 1. The maximum absolute atomic E-state index is 13.3. The smallest absolute Gasteiger partial charge is 0.257 e. The average molecular weight is 418 g/mol. The van der Waals surface area contributed by atoms with Gasteiger partial charge in [-0.2, -0.15) is 4.31 Å². The molecule has 1 fully saturated rings. The van der Waals surface area contributed by atoms with Crippen LogP contribution in [0.5, 0.6) is 0 Å². The van der Waals surface area contributed by atoms with Gasteiger partial charge in [-0.15, -0.1) is 0 Å². The summed E-state index contributed by atoms with van der Waals surface area (Å²) in [6, 6.07) is 6.45. The molecule has 0 unspecified atom stereocenters. The summed E-state index contributed by atoms with van der Waals surface area (Å²) in [6.45, 7) is 0.637. The molecule has 1 aliphatic rings. The van der Waals surface area contributed by atoms with Gasteiger partial charge in [0.25, 0.3) is 5.91 Å². The zero-order chi connectivity index (χ0) is 18.9. The van der Waals surface area contributed by atoms with Crippen molar-refractivity contribution in [3.8, 4) is 0 Å². The van der Waals surface area contributed by atoms with E-state index < -0.39 is 15.8 Å². The fraction of sp³-hybridized carbons (Fsp3) is 0.250. The predicted molar refractivity (Wildman–Crippen MR) is 95.3 cm³/mol. The number of benzene rings is 1. The van der Waals surface area contributed by atoms with E-state index in [2.05, 4.69) is 4.98 Å². The first-order chi connectivity index (χ1) is 12.3. The highest BCUT2D eigenvalue weighted by atomic mass is 35.5. The third kappa shape index (κ3) is 3.68. The molecule has 1 amide bonds. The Morgan fingerprint density at radius 3 is 2.42 bits per heavy atom. The highest BCUT2D eigenvalue weighted by molar-refractivity contribution is 7.89. The Hall–Kier alpha value is -1.74. The predicted octanol–water partition coefficient (Wildman–Crippen LogP) is 2.67. The summed E-state index contributed by atoms with van der Waals surface area (Å²) in [5.74, 6) is -0.987. The van der Waals surface area contributed by atoms with E-state index in [0.29, 0.717) is 0 Å². The Labute approximate surface area is 160 Å². The second-order valence-electron chi connectivity index (χ2n) is 5.61. The van der Waals surface area contributed by atoms with Crippen LogP contribution in [-0.2, 0) is 10.0 Å². The molecule has 1 aliphatic heterocycles. The summed E-state index contributed by atoms with van der Waals surface area (Å²) in [4.78, 5) is 17.8. The molecular formula is C16H14Cl2FN3O3S. The SMILES string of the molecule is O=C(c1cccnc1Cl)N1CCN(S(=O)(=O)c2ccc(F)c(Cl)c2)CC1. The van der Waals surface area contributed by atoms with Gasteiger partial charge in [-0.1, -0.05) is 23.2 Å². The van der Waals surface area contributed by atoms with Crippen LogP contribution in [0.3, 0.4) is 0 Å². The number of sulfonamides is 1. The van der Waals surface area contributed by atoms with Crippen molar-refractivity contribution in [2.24, 2.45) is 0 Å². The van der Waals surface area contributed by atoms with Crippen LogP contribution in [0.1, 0.15) is 10.4 Å². The van der Waals surface area contributed by atoms with Crippen LogP contribution in [0.4, 0.5) is 4.39 Å². The van der Waals surface area contributed by atoms with Gasteiger partial charge in [0.2, 0.25) is 10.0 Å². The third-order valence-electron chi connectivity index (χ3n) is 4.04. The first kappa shape index (κ1) is 19.0. The second-order valence-corrected chi connectivity index (χ2v) is 8.32. The zero-order valence-corrected chi connectivity index (χ0v) is 15.7. The van der Waals surface area contributed by atoms with Gasteiger partial charge in [0.1, 0.15) is 11.0 Å². The maximum atomic E-state index is 13.3. The molecule has 1 aromatic heterocycles. The monoisotopic (exact) mass is 417 g/mol. The molecule has 0 N–H and O–H groups in total. The zero-order valence-electron chi connectivity index (χ0n) is 13.4. The van der Waals surface area contributed by atoms with E-state index in [9.17, 15) is 17.6 Å². The molecule has 0 spiro atoms. The van der Waals surface area contributed by atoms with Gasteiger partial charge in [-0.25, -0.2) is 17.8 Å². The summed E-state index contributed by atoms with van der Waals surface area (Å²) >= 11 is 11.6. The van der Waals surface area contributed by atoms with Crippen molar-refractivity contribution in [1.29, 1.82) is 0 Å². The van der Waals surface area contributed by atoms with Crippen LogP contribution >= 0.6 is 23.2 Å². The second kappa shape index (κ2) is 7.48. The lowest BCUT2D eigenvalue weighted by molar-refractivity contribution is 0.0697. The van der Waals surface area contributed by atoms with Crippen LogP contribution in [0.25, 0.3) is 0 Å². The number of amides is 1. The van der Waals surface area contributed by atoms with Gasteiger partial charge in [0, 0.05) is 32.4 Å². The topological polar surface area (TPSA) is 70.6 Å². The number of rotatable bonds is 3. The van der Waals surface area contributed by atoms with Crippen LogP contribution in [0.15, 0.2) is 41.4 Å². The Morgan fingerprint density at radius 1 is 1.12 bits per heavy atom. The number of aromatic nitrogens is 1. The fourth-order valence-electron chi connectivity index (χ4n) is 2.63. The van der Waals surface area contributed by atoms with Gasteiger partial charge in [0.15, 0.2) is 0 Å². The van der Waals surface area contributed by atoms with Crippen molar-refractivity contribution < 1.29 is 17.6 Å². The molecule has 0 atom stereocenters. The van der Waals surface area contributed by atoms with E-state index in [1.54, 1.807) is 12.1 Å². The molecule has 10 heteroatoms. The molecule has 0 bridgehead atoms. The Kier molecular flexibility index (Phi) is 5.47. The lowest BCUT2D eigenvalue weighted by Crippen LogP contribution is -2.50. The summed E-state index contributed by atoms with van der Waals surface area (Å²) < 4.78 is 39.8. The molecular weight excluding hydrogens is 404 g/mol. The molecule has 1 aromatic carbocycles. The van der Waals surface area contributed by atoms with Gasteiger partial charge >= 0.3 is 0 Å². The molecule has 1 saturated heterocycles. The van der Waals surface area contributed by atoms with Gasteiger partial charge in [-0.3, -0.25) is 4.79 Å². The number of halogens is 3. The first-order valence-electron chi connectivity index (χ1n) is 7.65. The quantitative estimate of drug-likeness (QED) is 0.719. The minimum absolute atomic E-state index is 0.0843. The van der Waals surface area contributed by atoms with Crippen molar-refractivity contribution in [1.82, 2.24) is 14.2 Å². The van der Waals surface area contributed by atoms with Crippen LogP contribution < -0.4 is 0 Å². The summed E-state index contributed by atoms with van der Waals surface area (Å²) in [7, 11) is -3.82. The van der Waals surface area contributed by atoms with E-state index in [1.165, 1.54) is 21.5 Å². The molecule has 0 saturated carbocycles. The van der Waals surface area contributed by atoms with E-state index in [0.717, 1.165) is 12.1 Å². The lowest BCUT2D eigenvalue weighted by Gasteiger charge is -2.34. The largest absolute Gasteiger partial charge is 0.336 e. The van der Waals surface area contributed by atoms with Gasteiger partial charge < -0.3 is 4.90 Å². The van der Waals surface area contributed by atoms with Crippen molar-refractivity contribution in [2.75, 3.05) is 26.2 Å². The van der Waals surface area contributed by atoms with E-state index in [-0.39, 0.29) is 52.7 Å². The third-order valence-corrected chi connectivity index (χ3v) is 6.53. The molecule has 2 heterocycles. The Morgan fingerprint density at radius 2 is 1.81 bits per heavy atom. The number of carbonyl (C=O) groups is 1. The van der Waals surface area contributed by atoms with Crippen LogP contribution in [-0.4, -0.2) is 54.7 Å². The summed E-state index contributed by atoms with van der Waals surface area (Å²) in [5.41, 5.74) is 0.274. The Bertz CT molecular complexity index is 948. The summed E-state index contributed by atoms with van der Waals surface area (Å²) in [5, 5.41) is -0.153. The Balaban J connectivity index is 1.72. The molecule has 6 nitrogen and oxygen atoms in total. The number of hydrogen-bond acceptors (Lipinski definition) is 4. The van der Waals surface area contributed by atoms with E-state index in [4.69, 9.17) is 23.2 Å². The van der Waals surface area contributed by atoms with Crippen molar-refractivity contribution in [3.63, 3.8) is 0 Å². The highest BCUT2D eigenvalue weighted by Gasteiger charge is 2.31. The van der Waals surface area contributed by atoms with Crippen LogP contribution in [0.2, 0.25) is 10.2 Å². The van der Waals surface area contributed by atoms with Crippen molar-refractivity contribution in [3.05, 3.63) is 58.1 Å². The molecule has 0 radical (unpaired) electrons. The first-order valence-corrected chi connectivity index (χ1v) is 9.85. The van der Waals surface area contributed by atoms with Gasteiger partial charge in [0.05, 0.1) is 15.5 Å². The number of carbonyl (C=O) groups excluding carboxylic acids is 1. The standard InChI is InChI=1S/C16H14Cl2FN3O3S/c17-13-10-11(3-4-14(13)19)26(24,25)22-8-6-21(7-9-22)16(23)12-2-1-5-20-15(12)18/h1-5,10H,6-9H2. The number of piperazine rings is 1. The molecule has 2 aromatic rings. The van der Waals surface area contributed by atoms with Gasteiger partial charge in [-0.05, 0) is 30.3 Å². The fourth-order valence-corrected chi connectivity index (χ4v) is 4.53. The number of nitrogens with zero attached hydrogens (tertiary/aromatic N) is 3. The maximum Gasteiger partial charge on any atom is 0.257 e. The minimum Gasteiger partial charge on any atom is -0.336 e. The highest BCUT2D eigenvalue weighted by Crippen LogP contribution is 2.24. The molecule has 26 heavy (non-hydrogen) atoms. The van der Waals surface area contributed by atoms with Crippen molar-refractivity contribution in [2.45, 2.75) is 4.90 Å².